The maximum atomic E-state index is 13.7. The first-order valence-corrected chi connectivity index (χ1v) is 10.4. The molecule has 0 N–H and O–H groups in total. The highest BCUT2D eigenvalue weighted by molar-refractivity contribution is 14.1. The predicted octanol–water partition coefficient (Wildman–Crippen LogP) is 6.33. The zero-order valence-electron chi connectivity index (χ0n) is 16.8. The zero-order valence-corrected chi connectivity index (χ0v) is 19.0. The first kappa shape index (κ1) is 23.1. The van der Waals surface area contributed by atoms with Crippen molar-refractivity contribution in [1.29, 1.82) is 0 Å². The molecule has 0 fully saturated rings. The van der Waals surface area contributed by atoms with Crippen LogP contribution in [-0.2, 0) is 17.4 Å². The van der Waals surface area contributed by atoms with Crippen LogP contribution in [0.5, 0.6) is 17.2 Å². The molecule has 0 amide bonds. The van der Waals surface area contributed by atoms with E-state index in [2.05, 4.69) is 0 Å². The lowest BCUT2D eigenvalue weighted by atomic mass is 10.1. The molecule has 0 aliphatic rings. The van der Waals surface area contributed by atoms with E-state index in [0.29, 0.717) is 12.0 Å². The van der Waals surface area contributed by atoms with Gasteiger partial charge in [0.05, 0.1) is 11.3 Å². The average molecular weight is 546 g/mol. The Labute approximate surface area is 189 Å². The van der Waals surface area contributed by atoms with E-state index in [0.717, 1.165) is 9.64 Å². The maximum Gasteiger partial charge on any atom is 0.453 e. The summed E-state index contributed by atoms with van der Waals surface area (Å²) in [5.41, 5.74) is -0.839. The minimum absolute atomic E-state index is 0.0521. The maximum absolute atomic E-state index is 13.7. The lowest BCUT2D eigenvalue weighted by molar-refractivity contribution is -0.154. The fraction of sp³-hybridized carbons (Fsp3) is 0.273. The molecule has 2 aromatic carbocycles. The molecule has 31 heavy (non-hydrogen) atoms. The number of carbonyl (C=O) groups excluding carboxylic acids is 1. The second kappa shape index (κ2) is 8.89. The van der Waals surface area contributed by atoms with Crippen molar-refractivity contribution < 1.29 is 31.9 Å². The van der Waals surface area contributed by atoms with E-state index in [1.807, 2.05) is 22.6 Å². The number of hydrogen-bond donors (Lipinski definition) is 0. The summed E-state index contributed by atoms with van der Waals surface area (Å²) in [4.78, 5) is 25.0. The minimum atomic E-state index is -4.98. The van der Waals surface area contributed by atoms with Crippen molar-refractivity contribution in [3.05, 3.63) is 61.5 Å². The summed E-state index contributed by atoms with van der Waals surface area (Å²) < 4.78 is 57.6. The van der Waals surface area contributed by atoms with Gasteiger partial charge in [-0.3, -0.25) is 9.59 Å². The van der Waals surface area contributed by atoms with E-state index >= 15 is 0 Å². The van der Waals surface area contributed by atoms with E-state index in [1.54, 1.807) is 32.9 Å². The van der Waals surface area contributed by atoms with Gasteiger partial charge < -0.3 is 13.9 Å². The number of halogens is 4. The number of carbonyl (C=O) groups is 1. The van der Waals surface area contributed by atoms with Crippen molar-refractivity contribution in [1.82, 2.24) is 0 Å². The van der Waals surface area contributed by atoms with Gasteiger partial charge in [0.1, 0.15) is 17.1 Å². The standard InChI is InChI=1S/C22H18F3IO5/c1-4-12-9-15-17(10-16(12)31-21(28)11(2)3)30-20(22(23,24)25)19(18(15)27)29-14-7-5-13(26)6-8-14/h5-11H,4H2,1-3H3. The van der Waals surface area contributed by atoms with Gasteiger partial charge in [0, 0.05) is 9.64 Å². The SMILES string of the molecule is CCc1cc2c(=O)c(Oc3ccc(I)cc3)c(C(F)(F)F)oc2cc1OC(=O)C(C)C. The molecule has 3 aromatic rings. The number of aryl methyl sites for hydroxylation is 1. The molecule has 0 saturated heterocycles. The van der Waals surface area contributed by atoms with E-state index < -0.39 is 35.0 Å². The third kappa shape index (κ3) is 5.03. The second-order valence-electron chi connectivity index (χ2n) is 7.03. The van der Waals surface area contributed by atoms with E-state index in [-0.39, 0.29) is 22.5 Å². The van der Waals surface area contributed by atoms with Crippen molar-refractivity contribution >= 4 is 39.5 Å². The summed E-state index contributed by atoms with van der Waals surface area (Å²) in [7, 11) is 0. The van der Waals surface area contributed by atoms with Crippen LogP contribution < -0.4 is 14.9 Å². The number of fused-ring (bicyclic) bond motifs is 1. The predicted molar refractivity (Wildman–Crippen MR) is 117 cm³/mol. The summed E-state index contributed by atoms with van der Waals surface area (Å²) >= 11 is 2.04. The molecule has 0 aliphatic heterocycles. The molecule has 0 atom stereocenters. The summed E-state index contributed by atoms with van der Waals surface area (Å²) in [6.45, 7) is 5.03. The largest absolute Gasteiger partial charge is 0.453 e. The fourth-order valence-corrected chi connectivity index (χ4v) is 3.11. The summed E-state index contributed by atoms with van der Waals surface area (Å²) in [5.74, 6) is -3.38. The van der Waals surface area contributed by atoms with Crippen LogP contribution in [0.2, 0.25) is 0 Å². The number of esters is 1. The number of rotatable bonds is 5. The normalized spacial score (nSPS) is 11.7. The Bertz CT molecular complexity index is 1180. The Balaban J connectivity index is 2.22. The Morgan fingerprint density at radius 3 is 2.35 bits per heavy atom. The van der Waals surface area contributed by atoms with Gasteiger partial charge in [-0.15, -0.1) is 0 Å². The fourth-order valence-electron chi connectivity index (χ4n) is 2.75. The van der Waals surface area contributed by atoms with Crippen molar-refractivity contribution in [3.8, 4) is 17.2 Å². The highest BCUT2D eigenvalue weighted by Crippen LogP contribution is 2.39. The Morgan fingerprint density at radius 1 is 1.16 bits per heavy atom. The van der Waals surface area contributed by atoms with E-state index in [1.165, 1.54) is 18.2 Å². The average Bonchev–Trinajstić information content (AvgIpc) is 2.70. The second-order valence-corrected chi connectivity index (χ2v) is 8.27. The lowest BCUT2D eigenvalue weighted by Gasteiger charge is -2.15. The molecule has 0 spiro atoms. The van der Waals surface area contributed by atoms with Crippen molar-refractivity contribution in [3.63, 3.8) is 0 Å². The van der Waals surface area contributed by atoms with E-state index in [9.17, 15) is 22.8 Å². The molecule has 9 heteroatoms. The van der Waals surface area contributed by atoms with Gasteiger partial charge in [-0.05, 0) is 64.9 Å². The van der Waals surface area contributed by atoms with Crippen LogP contribution in [0, 0.1) is 9.49 Å². The van der Waals surface area contributed by atoms with Crippen molar-refractivity contribution in [2.24, 2.45) is 5.92 Å². The molecule has 0 radical (unpaired) electrons. The monoisotopic (exact) mass is 546 g/mol. The molecule has 164 valence electrons. The van der Waals surface area contributed by atoms with Gasteiger partial charge in [-0.1, -0.05) is 20.8 Å². The number of benzene rings is 2. The number of alkyl halides is 3. The zero-order chi connectivity index (χ0) is 22.9. The van der Waals surface area contributed by atoms with Crippen LogP contribution in [0.3, 0.4) is 0 Å². The summed E-state index contributed by atoms with van der Waals surface area (Å²) in [6.07, 6.45) is -4.60. The topological polar surface area (TPSA) is 65.7 Å². The number of ether oxygens (including phenoxy) is 2. The smallest absolute Gasteiger partial charge is 0.449 e. The van der Waals surface area contributed by atoms with Crippen molar-refractivity contribution in [2.75, 3.05) is 0 Å². The molecular weight excluding hydrogens is 528 g/mol. The third-order valence-corrected chi connectivity index (χ3v) is 5.10. The first-order valence-electron chi connectivity index (χ1n) is 9.37. The van der Waals surface area contributed by atoms with Gasteiger partial charge >= 0.3 is 12.1 Å². The van der Waals surface area contributed by atoms with Crippen LogP contribution >= 0.6 is 22.6 Å². The molecule has 0 bridgehead atoms. The van der Waals surface area contributed by atoms with Gasteiger partial charge in [-0.2, -0.15) is 13.2 Å². The van der Waals surface area contributed by atoms with Crippen LogP contribution in [0.15, 0.2) is 45.6 Å². The lowest BCUT2D eigenvalue weighted by Crippen LogP contribution is -2.17. The molecule has 5 nitrogen and oxygen atoms in total. The van der Waals surface area contributed by atoms with Crippen LogP contribution in [0.25, 0.3) is 11.0 Å². The molecule has 0 unspecified atom stereocenters. The Hall–Kier alpha value is -2.56. The molecule has 0 aliphatic carbocycles. The summed E-state index contributed by atoms with van der Waals surface area (Å²) in [5, 5.41) is -0.102. The first-order chi connectivity index (χ1) is 14.5. The van der Waals surface area contributed by atoms with Crippen LogP contribution in [0.1, 0.15) is 32.1 Å². The highest BCUT2D eigenvalue weighted by atomic mass is 127. The third-order valence-electron chi connectivity index (χ3n) is 4.39. The van der Waals surface area contributed by atoms with Crippen LogP contribution in [0.4, 0.5) is 13.2 Å². The van der Waals surface area contributed by atoms with Crippen molar-refractivity contribution in [2.45, 2.75) is 33.4 Å². The molecule has 3 rings (SSSR count). The number of hydrogen-bond acceptors (Lipinski definition) is 5. The Kier molecular flexibility index (Phi) is 6.63. The quantitative estimate of drug-likeness (QED) is 0.213. The molecular formula is C22H18F3IO5. The molecule has 0 saturated carbocycles. The molecule has 1 aromatic heterocycles. The van der Waals surface area contributed by atoms with E-state index in [4.69, 9.17) is 13.9 Å². The minimum Gasteiger partial charge on any atom is -0.449 e. The highest BCUT2D eigenvalue weighted by Gasteiger charge is 2.40. The van der Waals surface area contributed by atoms with Gasteiger partial charge in [-0.25, -0.2) is 0 Å². The van der Waals surface area contributed by atoms with Gasteiger partial charge in [0.2, 0.25) is 11.2 Å². The molecule has 1 heterocycles. The van der Waals surface area contributed by atoms with Gasteiger partial charge in [0.25, 0.3) is 5.76 Å². The van der Waals surface area contributed by atoms with Crippen LogP contribution in [-0.4, -0.2) is 5.97 Å². The Morgan fingerprint density at radius 2 is 1.81 bits per heavy atom. The van der Waals surface area contributed by atoms with Gasteiger partial charge in [0.15, 0.2) is 0 Å². The summed E-state index contributed by atoms with van der Waals surface area (Å²) in [6, 6.07) is 8.69.